The van der Waals surface area contributed by atoms with Crippen LogP contribution in [-0.4, -0.2) is 27.3 Å². The molecule has 1 fully saturated rings. The largest absolute Gasteiger partial charge is 0.339 e. The number of hydrogen-bond donors (Lipinski definition) is 2. The van der Waals surface area contributed by atoms with Crippen LogP contribution in [-0.2, 0) is 5.54 Å². The number of rotatable bonds is 4. The molecule has 104 valence electrons. The SMILES string of the molecule is CSc1ccccc1C(=O)NC1(c2ncn[nH]2)CCC1. The summed E-state index contributed by atoms with van der Waals surface area (Å²) < 4.78 is 0. The summed E-state index contributed by atoms with van der Waals surface area (Å²) in [7, 11) is 0. The third kappa shape index (κ3) is 2.20. The minimum absolute atomic E-state index is 0.0500. The first-order valence-electron chi connectivity index (χ1n) is 6.56. The molecular formula is C14H16N4OS. The summed E-state index contributed by atoms with van der Waals surface area (Å²) >= 11 is 1.58. The molecule has 0 unspecified atom stereocenters. The van der Waals surface area contributed by atoms with Gasteiger partial charge in [0.1, 0.15) is 12.2 Å². The van der Waals surface area contributed by atoms with Crippen LogP contribution < -0.4 is 5.32 Å². The highest BCUT2D eigenvalue weighted by Gasteiger charge is 2.43. The lowest BCUT2D eigenvalue weighted by molar-refractivity contribution is 0.0806. The highest BCUT2D eigenvalue weighted by atomic mass is 32.2. The zero-order chi connectivity index (χ0) is 14.0. The van der Waals surface area contributed by atoms with Gasteiger partial charge in [-0.1, -0.05) is 12.1 Å². The molecule has 1 aromatic carbocycles. The first-order valence-corrected chi connectivity index (χ1v) is 7.79. The Balaban J connectivity index is 1.85. The highest BCUT2D eigenvalue weighted by molar-refractivity contribution is 7.98. The van der Waals surface area contributed by atoms with E-state index < -0.39 is 0 Å². The smallest absolute Gasteiger partial charge is 0.253 e. The molecule has 20 heavy (non-hydrogen) atoms. The Labute approximate surface area is 121 Å². The second-order valence-corrected chi connectivity index (χ2v) is 5.77. The molecular weight excluding hydrogens is 272 g/mol. The molecule has 0 saturated heterocycles. The van der Waals surface area contributed by atoms with Gasteiger partial charge in [-0.2, -0.15) is 5.10 Å². The fourth-order valence-corrected chi connectivity index (χ4v) is 3.10. The van der Waals surface area contributed by atoms with Crippen LogP contribution in [0.15, 0.2) is 35.5 Å². The van der Waals surface area contributed by atoms with Crippen molar-refractivity contribution in [3.8, 4) is 0 Å². The maximum atomic E-state index is 12.5. The predicted octanol–water partition coefficient (Wildman–Crippen LogP) is 2.34. The number of aromatic nitrogens is 3. The minimum Gasteiger partial charge on any atom is -0.339 e. The van der Waals surface area contributed by atoms with Crippen molar-refractivity contribution in [1.29, 1.82) is 0 Å². The quantitative estimate of drug-likeness (QED) is 0.847. The van der Waals surface area contributed by atoms with Crippen molar-refractivity contribution in [1.82, 2.24) is 20.5 Å². The Morgan fingerprint density at radius 1 is 1.40 bits per heavy atom. The number of aromatic amines is 1. The molecule has 1 aromatic heterocycles. The lowest BCUT2D eigenvalue weighted by Crippen LogP contribution is -2.51. The molecule has 2 aromatic rings. The average molecular weight is 288 g/mol. The third-order valence-electron chi connectivity index (χ3n) is 3.78. The van der Waals surface area contributed by atoms with Crippen molar-refractivity contribution in [2.75, 3.05) is 6.26 Å². The van der Waals surface area contributed by atoms with Gasteiger partial charge in [-0.05, 0) is 37.7 Å². The van der Waals surface area contributed by atoms with Crippen LogP contribution in [0.25, 0.3) is 0 Å². The molecule has 1 heterocycles. The fraction of sp³-hybridized carbons (Fsp3) is 0.357. The molecule has 1 saturated carbocycles. The second kappa shape index (κ2) is 5.28. The molecule has 0 aliphatic heterocycles. The van der Waals surface area contributed by atoms with Gasteiger partial charge < -0.3 is 5.32 Å². The molecule has 1 aliphatic rings. The number of H-pyrrole nitrogens is 1. The van der Waals surface area contributed by atoms with E-state index in [1.807, 2.05) is 30.5 Å². The van der Waals surface area contributed by atoms with Crippen LogP contribution in [0, 0.1) is 0 Å². The maximum Gasteiger partial charge on any atom is 0.253 e. The summed E-state index contributed by atoms with van der Waals surface area (Å²) in [5.41, 5.74) is 0.338. The van der Waals surface area contributed by atoms with Gasteiger partial charge in [0, 0.05) is 4.90 Å². The summed E-state index contributed by atoms with van der Waals surface area (Å²) in [5, 5.41) is 9.91. The van der Waals surface area contributed by atoms with Crippen LogP contribution in [0.2, 0.25) is 0 Å². The van der Waals surface area contributed by atoms with Crippen LogP contribution in [0.1, 0.15) is 35.4 Å². The molecule has 5 nitrogen and oxygen atoms in total. The Kier molecular flexibility index (Phi) is 3.48. The number of carbonyl (C=O) groups is 1. The van der Waals surface area contributed by atoms with Gasteiger partial charge >= 0.3 is 0 Å². The van der Waals surface area contributed by atoms with E-state index in [9.17, 15) is 4.79 Å². The summed E-state index contributed by atoms with van der Waals surface area (Å²) in [4.78, 5) is 17.7. The fourth-order valence-electron chi connectivity index (χ4n) is 2.50. The summed E-state index contributed by atoms with van der Waals surface area (Å²) in [6.07, 6.45) is 6.34. The predicted molar refractivity (Wildman–Crippen MR) is 77.6 cm³/mol. The number of nitrogens with zero attached hydrogens (tertiary/aromatic N) is 2. The van der Waals surface area contributed by atoms with E-state index in [4.69, 9.17) is 0 Å². The number of benzene rings is 1. The van der Waals surface area contributed by atoms with Crippen molar-refractivity contribution < 1.29 is 4.79 Å². The Hall–Kier alpha value is -1.82. The van der Waals surface area contributed by atoms with Crippen molar-refractivity contribution in [2.45, 2.75) is 29.7 Å². The molecule has 1 aliphatic carbocycles. The van der Waals surface area contributed by atoms with Crippen molar-refractivity contribution in [3.63, 3.8) is 0 Å². The highest BCUT2D eigenvalue weighted by Crippen LogP contribution is 2.39. The van der Waals surface area contributed by atoms with E-state index in [0.717, 1.165) is 30.0 Å². The number of hydrogen-bond acceptors (Lipinski definition) is 4. The van der Waals surface area contributed by atoms with E-state index in [2.05, 4.69) is 20.5 Å². The van der Waals surface area contributed by atoms with Crippen molar-refractivity contribution in [3.05, 3.63) is 42.0 Å². The van der Waals surface area contributed by atoms with Gasteiger partial charge in [0.15, 0.2) is 0 Å². The van der Waals surface area contributed by atoms with E-state index in [1.54, 1.807) is 11.8 Å². The Bertz CT molecular complexity index is 607. The number of nitrogens with one attached hydrogen (secondary N) is 2. The molecule has 1 amide bonds. The first-order chi connectivity index (χ1) is 9.75. The van der Waals surface area contributed by atoms with Crippen molar-refractivity contribution in [2.24, 2.45) is 0 Å². The van der Waals surface area contributed by atoms with Gasteiger partial charge in [0.05, 0.1) is 11.1 Å². The third-order valence-corrected chi connectivity index (χ3v) is 4.58. The topological polar surface area (TPSA) is 70.7 Å². The second-order valence-electron chi connectivity index (χ2n) is 4.92. The summed E-state index contributed by atoms with van der Waals surface area (Å²) in [6.45, 7) is 0. The molecule has 0 bridgehead atoms. The molecule has 0 radical (unpaired) electrons. The van der Waals surface area contributed by atoms with Crippen LogP contribution in [0.5, 0.6) is 0 Å². The Morgan fingerprint density at radius 2 is 2.20 bits per heavy atom. The zero-order valence-electron chi connectivity index (χ0n) is 11.2. The van der Waals surface area contributed by atoms with Crippen molar-refractivity contribution >= 4 is 17.7 Å². The van der Waals surface area contributed by atoms with Gasteiger partial charge in [-0.25, -0.2) is 4.98 Å². The number of carbonyl (C=O) groups excluding carboxylic acids is 1. The first kappa shape index (κ1) is 13.2. The van der Waals surface area contributed by atoms with Gasteiger partial charge in [-0.15, -0.1) is 11.8 Å². The molecule has 0 atom stereocenters. The number of thioether (sulfide) groups is 1. The monoisotopic (exact) mass is 288 g/mol. The lowest BCUT2D eigenvalue weighted by Gasteiger charge is -2.40. The molecule has 6 heteroatoms. The minimum atomic E-state index is -0.376. The molecule has 0 spiro atoms. The zero-order valence-corrected chi connectivity index (χ0v) is 12.0. The summed E-state index contributed by atoms with van der Waals surface area (Å²) in [5.74, 6) is 0.699. The van der Waals surface area contributed by atoms with Crippen LogP contribution in [0.4, 0.5) is 0 Å². The van der Waals surface area contributed by atoms with E-state index in [1.165, 1.54) is 6.33 Å². The van der Waals surface area contributed by atoms with Gasteiger partial charge in [0.2, 0.25) is 0 Å². The maximum absolute atomic E-state index is 12.5. The number of amides is 1. The van der Waals surface area contributed by atoms with Gasteiger partial charge in [-0.3, -0.25) is 9.89 Å². The standard InChI is InChI=1S/C14H16N4OS/c1-20-11-6-3-2-5-10(11)12(19)17-14(7-4-8-14)13-15-9-16-18-13/h2-3,5-6,9H,4,7-8H2,1H3,(H,17,19)(H,15,16,18). The molecule has 2 N–H and O–H groups in total. The molecule has 3 rings (SSSR count). The van der Waals surface area contributed by atoms with Crippen LogP contribution >= 0.6 is 11.8 Å². The van der Waals surface area contributed by atoms with E-state index in [-0.39, 0.29) is 11.4 Å². The average Bonchev–Trinajstić information content (AvgIpc) is 2.97. The van der Waals surface area contributed by atoms with E-state index in [0.29, 0.717) is 5.56 Å². The lowest BCUT2D eigenvalue weighted by atomic mass is 9.76. The summed E-state index contributed by atoms with van der Waals surface area (Å²) in [6, 6.07) is 7.64. The van der Waals surface area contributed by atoms with Gasteiger partial charge in [0.25, 0.3) is 5.91 Å². The Morgan fingerprint density at radius 3 is 2.80 bits per heavy atom. The normalized spacial score (nSPS) is 16.4. The van der Waals surface area contributed by atoms with Crippen LogP contribution in [0.3, 0.4) is 0 Å². The van der Waals surface area contributed by atoms with E-state index >= 15 is 0 Å².